The van der Waals surface area contributed by atoms with Crippen LogP contribution in [-0.4, -0.2) is 17.1 Å². The molecule has 0 heterocycles. The second-order valence-corrected chi connectivity index (χ2v) is 17.0. The van der Waals surface area contributed by atoms with Crippen molar-refractivity contribution in [3.63, 3.8) is 0 Å². The summed E-state index contributed by atoms with van der Waals surface area (Å²) in [4.78, 5) is 14.3. The molecule has 41 heavy (non-hydrogen) atoms. The van der Waals surface area contributed by atoms with Crippen LogP contribution in [0.3, 0.4) is 0 Å². The van der Waals surface area contributed by atoms with Gasteiger partial charge in [0.15, 0.2) is 0 Å². The van der Waals surface area contributed by atoms with Gasteiger partial charge >= 0.3 is 0 Å². The van der Waals surface area contributed by atoms with Gasteiger partial charge < -0.3 is 10.4 Å². The quantitative estimate of drug-likeness (QED) is 0.350. The molecule has 3 nitrogen and oxygen atoms in total. The van der Waals surface area contributed by atoms with E-state index in [0.717, 1.165) is 49.1 Å². The molecular weight excluding hydrogens is 526 g/mol. The number of allylic oxidation sites excluding steroid dienone is 1. The van der Waals surface area contributed by atoms with Gasteiger partial charge in [0.25, 0.3) is 0 Å². The van der Waals surface area contributed by atoms with E-state index in [4.69, 9.17) is 11.6 Å². The number of hydrogen-bond acceptors (Lipinski definition) is 2. The number of aliphatic hydroxyl groups is 1. The highest BCUT2D eigenvalue weighted by atomic mass is 35.5. The summed E-state index contributed by atoms with van der Waals surface area (Å²) in [6, 6.07) is 7.86. The molecule has 0 unspecified atom stereocenters. The molecule has 10 atom stereocenters. The van der Waals surface area contributed by atoms with E-state index in [-0.39, 0.29) is 39.1 Å². The normalized spacial score (nSPS) is 46.4. The fourth-order valence-corrected chi connectivity index (χ4v) is 12.6. The number of halogens is 1. The summed E-state index contributed by atoms with van der Waals surface area (Å²) in [5.41, 5.74) is 2.81. The third-order valence-electron chi connectivity index (χ3n) is 14.9. The second kappa shape index (κ2) is 9.85. The highest BCUT2D eigenvalue weighted by Crippen LogP contribution is 2.77. The van der Waals surface area contributed by atoms with Crippen molar-refractivity contribution in [2.75, 3.05) is 0 Å². The first-order chi connectivity index (χ1) is 19.2. The maximum atomic E-state index is 14.3. The zero-order chi connectivity index (χ0) is 29.6. The van der Waals surface area contributed by atoms with Gasteiger partial charge in [-0.25, -0.2) is 0 Å². The Morgan fingerprint density at radius 1 is 0.902 bits per heavy atom. The molecule has 5 aliphatic carbocycles. The Hall–Kier alpha value is -1.32. The van der Waals surface area contributed by atoms with E-state index >= 15 is 0 Å². The lowest BCUT2D eigenvalue weighted by Crippen LogP contribution is -2.67. The van der Waals surface area contributed by atoms with Gasteiger partial charge in [0.2, 0.25) is 5.91 Å². The van der Waals surface area contributed by atoms with E-state index in [1.165, 1.54) is 31.3 Å². The molecule has 0 aromatic heterocycles. The lowest BCUT2D eigenvalue weighted by atomic mass is 9.32. The van der Waals surface area contributed by atoms with Gasteiger partial charge in [0.1, 0.15) is 0 Å². The highest BCUT2D eigenvalue weighted by Gasteiger charge is 2.71. The molecule has 226 valence electrons. The van der Waals surface area contributed by atoms with Crippen LogP contribution in [0.1, 0.15) is 111 Å². The number of benzene rings is 1. The first-order valence-electron chi connectivity index (χ1n) is 16.6. The molecular formula is C37H54ClNO2. The molecule has 5 aliphatic rings. The molecule has 2 N–H and O–H groups in total. The van der Waals surface area contributed by atoms with Crippen molar-refractivity contribution in [2.45, 2.75) is 118 Å². The summed E-state index contributed by atoms with van der Waals surface area (Å²) < 4.78 is 0. The molecule has 0 spiro atoms. The average molecular weight is 580 g/mol. The number of aliphatic hydroxyl groups excluding tert-OH is 1. The van der Waals surface area contributed by atoms with Crippen LogP contribution < -0.4 is 5.32 Å². The Balaban J connectivity index is 1.32. The fourth-order valence-electron chi connectivity index (χ4n) is 12.5. The molecule has 5 fully saturated rings. The zero-order valence-electron chi connectivity index (χ0n) is 26.5. The smallest absolute Gasteiger partial charge is 0.226 e. The van der Waals surface area contributed by atoms with Crippen molar-refractivity contribution in [1.82, 2.24) is 5.32 Å². The standard InChI is InChI=1S/C37H54ClNO2/c1-23(2)26-14-19-37(32(41)39-22-24-8-10-25(38)11-9-24)21-20-35(6)27(31(26)37)12-13-29-34(5)17-16-30(40)33(3,4)28(34)15-18-36(29,35)7/h8-11,26-31,40H,1,12-22H2,2-7H3,(H,39,41)/t26-,27+,28-,29+,30-,31+,34-,35+,36+,37-/m0/s1. The Bertz CT molecular complexity index is 1210. The number of hydrogen-bond donors (Lipinski definition) is 2. The molecule has 5 saturated carbocycles. The number of fused-ring (bicyclic) bond motifs is 7. The lowest BCUT2D eigenvalue weighted by molar-refractivity contribution is -0.246. The summed E-state index contributed by atoms with van der Waals surface area (Å²) in [7, 11) is 0. The minimum atomic E-state index is -0.290. The van der Waals surface area contributed by atoms with Gasteiger partial charge in [0, 0.05) is 11.6 Å². The zero-order valence-corrected chi connectivity index (χ0v) is 27.2. The summed E-state index contributed by atoms with van der Waals surface area (Å²) in [5.74, 6) is 2.87. The van der Waals surface area contributed by atoms with Crippen LogP contribution in [0.2, 0.25) is 5.02 Å². The Morgan fingerprint density at radius 2 is 1.61 bits per heavy atom. The fraction of sp³-hybridized carbons (Fsp3) is 0.757. The molecule has 0 saturated heterocycles. The maximum Gasteiger partial charge on any atom is 0.226 e. The van der Waals surface area contributed by atoms with Gasteiger partial charge in [-0.05, 0) is 140 Å². The topological polar surface area (TPSA) is 49.3 Å². The molecule has 0 bridgehead atoms. The van der Waals surface area contributed by atoms with Crippen LogP contribution in [0, 0.1) is 56.7 Å². The van der Waals surface area contributed by atoms with E-state index in [1.807, 2.05) is 24.3 Å². The SMILES string of the molecule is C=C(C)[C@@H]1CC[C@]2(C(=O)NCc3ccc(Cl)cc3)CC[C@]3(C)[C@H](CC[C@@H]4[C@@]5(C)CC[C@H](O)C(C)(C)[C@@H]5CC[C@]43C)[C@@H]12. The van der Waals surface area contributed by atoms with Crippen LogP contribution in [0.5, 0.6) is 0 Å². The number of amides is 1. The van der Waals surface area contributed by atoms with Gasteiger partial charge in [-0.15, -0.1) is 0 Å². The number of nitrogens with one attached hydrogen (secondary N) is 1. The largest absolute Gasteiger partial charge is 0.393 e. The molecule has 6 rings (SSSR count). The summed E-state index contributed by atoms with van der Waals surface area (Å²) in [5, 5.41) is 15.2. The Kier molecular flexibility index (Phi) is 7.14. The van der Waals surface area contributed by atoms with Crippen LogP contribution in [-0.2, 0) is 11.3 Å². The first kappa shape index (κ1) is 29.7. The van der Waals surface area contributed by atoms with Gasteiger partial charge in [0.05, 0.1) is 11.5 Å². The average Bonchev–Trinajstić information content (AvgIpc) is 3.32. The van der Waals surface area contributed by atoms with Crippen molar-refractivity contribution in [3.05, 3.63) is 47.0 Å². The summed E-state index contributed by atoms with van der Waals surface area (Å²) in [6.07, 6.45) is 11.1. The molecule has 1 amide bonds. The Labute approximate surface area is 254 Å². The number of carbonyl (C=O) groups excluding carboxylic acids is 1. The van der Waals surface area contributed by atoms with Crippen LogP contribution in [0.4, 0.5) is 0 Å². The molecule has 4 heteroatoms. The maximum absolute atomic E-state index is 14.3. The van der Waals surface area contributed by atoms with E-state index in [9.17, 15) is 9.90 Å². The third kappa shape index (κ3) is 4.10. The summed E-state index contributed by atoms with van der Waals surface area (Å²) >= 11 is 6.11. The third-order valence-corrected chi connectivity index (χ3v) is 15.1. The predicted molar refractivity (Wildman–Crippen MR) is 168 cm³/mol. The van der Waals surface area contributed by atoms with Crippen molar-refractivity contribution in [1.29, 1.82) is 0 Å². The van der Waals surface area contributed by atoms with Crippen LogP contribution >= 0.6 is 11.6 Å². The lowest BCUT2D eigenvalue weighted by Gasteiger charge is -2.72. The van der Waals surface area contributed by atoms with E-state index < -0.39 is 0 Å². The van der Waals surface area contributed by atoms with E-state index in [0.29, 0.717) is 36.1 Å². The van der Waals surface area contributed by atoms with Crippen molar-refractivity contribution < 1.29 is 9.90 Å². The van der Waals surface area contributed by atoms with Crippen molar-refractivity contribution in [3.8, 4) is 0 Å². The second-order valence-electron chi connectivity index (χ2n) is 16.5. The minimum Gasteiger partial charge on any atom is -0.393 e. The van der Waals surface area contributed by atoms with E-state index in [2.05, 4.69) is 53.4 Å². The number of carbonyl (C=O) groups is 1. The summed E-state index contributed by atoms with van der Waals surface area (Å²) in [6.45, 7) is 19.8. The predicted octanol–water partition coefficient (Wildman–Crippen LogP) is 8.97. The number of rotatable bonds is 4. The first-order valence-corrected chi connectivity index (χ1v) is 16.9. The minimum absolute atomic E-state index is 0.0214. The van der Waals surface area contributed by atoms with Crippen LogP contribution in [0.15, 0.2) is 36.4 Å². The molecule has 0 aliphatic heterocycles. The Morgan fingerprint density at radius 3 is 2.29 bits per heavy atom. The molecule has 0 radical (unpaired) electrons. The molecule has 1 aromatic carbocycles. The van der Waals surface area contributed by atoms with Crippen molar-refractivity contribution in [2.24, 2.45) is 56.7 Å². The van der Waals surface area contributed by atoms with E-state index in [1.54, 1.807) is 0 Å². The highest BCUT2D eigenvalue weighted by molar-refractivity contribution is 6.30. The monoisotopic (exact) mass is 579 g/mol. The molecule has 1 aromatic rings. The van der Waals surface area contributed by atoms with Crippen molar-refractivity contribution >= 4 is 17.5 Å². The van der Waals surface area contributed by atoms with Crippen LogP contribution in [0.25, 0.3) is 0 Å². The van der Waals surface area contributed by atoms with Gasteiger partial charge in [-0.3, -0.25) is 4.79 Å². The van der Waals surface area contributed by atoms with Gasteiger partial charge in [-0.1, -0.05) is 70.5 Å². The van der Waals surface area contributed by atoms with Gasteiger partial charge in [-0.2, -0.15) is 0 Å².